The third-order valence-corrected chi connectivity index (χ3v) is 6.46. The van der Waals surface area contributed by atoms with Crippen LogP contribution in [0.5, 0.6) is 0 Å². The Morgan fingerprint density at radius 2 is 1.65 bits per heavy atom. The van der Waals surface area contributed by atoms with E-state index in [1.165, 1.54) is 25.3 Å². The van der Waals surface area contributed by atoms with Gasteiger partial charge in [0.15, 0.2) is 0 Å². The fraction of sp³-hybridized carbons (Fsp3) is 0.219. The Balaban J connectivity index is 0.000000586. The first-order valence-electron chi connectivity index (χ1n) is 12.8. The molecule has 1 aliphatic rings. The molecule has 0 spiro atoms. The summed E-state index contributed by atoms with van der Waals surface area (Å²) in [7, 11) is 0. The summed E-state index contributed by atoms with van der Waals surface area (Å²) in [6, 6.07) is 24.3. The minimum absolute atomic E-state index is 0.331. The number of hydrogen-bond donors (Lipinski definition) is 2. The molecule has 190 valence electrons. The lowest BCUT2D eigenvalue weighted by atomic mass is 10.00. The molecule has 0 amide bonds. The zero-order chi connectivity index (χ0) is 26.4. The van der Waals surface area contributed by atoms with E-state index in [1.54, 1.807) is 6.92 Å². The molecule has 5 rings (SSSR count). The van der Waals surface area contributed by atoms with Crippen LogP contribution in [0.15, 0.2) is 90.4 Å². The van der Waals surface area contributed by atoms with Crippen LogP contribution in [0.1, 0.15) is 61.5 Å². The van der Waals surface area contributed by atoms with Gasteiger partial charge in [0, 0.05) is 34.1 Å². The predicted molar refractivity (Wildman–Crippen MR) is 152 cm³/mol. The van der Waals surface area contributed by atoms with E-state index in [9.17, 15) is 8.78 Å². The van der Waals surface area contributed by atoms with E-state index in [0.717, 1.165) is 33.7 Å². The van der Waals surface area contributed by atoms with Crippen molar-refractivity contribution in [3.63, 3.8) is 0 Å². The molecule has 1 unspecified atom stereocenters. The monoisotopic (exact) mass is 497 g/mol. The van der Waals surface area contributed by atoms with E-state index in [1.807, 2.05) is 42.5 Å². The first-order valence-corrected chi connectivity index (χ1v) is 12.8. The van der Waals surface area contributed by atoms with Crippen LogP contribution in [0.25, 0.3) is 16.5 Å². The third-order valence-electron chi connectivity index (χ3n) is 6.46. The molecular weight excluding hydrogens is 464 g/mol. The topological polar surface area (TPSA) is 36.4 Å². The molecule has 2 N–H and O–H groups in total. The number of nitrogens with zero attached hydrogens (tertiary/aromatic N) is 1. The number of rotatable bonds is 5. The van der Waals surface area contributed by atoms with Gasteiger partial charge in [-0.25, -0.2) is 13.8 Å². The molecule has 0 aromatic heterocycles. The molecule has 0 radical (unpaired) electrons. The van der Waals surface area contributed by atoms with Crippen molar-refractivity contribution >= 4 is 28.0 Å². The van der Waals surface area contributed by atoms with Gasteiger partial charge in [-0.2, -0.15) is 0 Å². The van der Waals surface area contributed by atoms with Crippen LogP contribution in [0.2, 0.25) is 0 Å². The van der Waals surface area contributed by atoms with Gasteiger partial charge in [-0.15, -0.1) is 0 Å². The highest BCUT2D eigenvalue weighted by Gasteiger charge is 2.23. The number of halogens is 2. The molecule has 0 saturated carbocycles. The SMILES string of the molecule is C=C(NC1=NC(c2cccc3ccccc23)Nc2ccccc21)c1cc(F)cc(F)c1C.CCCCC. The molecule has 0 bridgehead atoms. The first-order chi connectivity index (χ1) is 17.9. The molecule has 1 aliphatic heterocycles. The molecule has 0 aliphatic carbocycles. The Bertz CT molecular complexity index is 1430. The smallest absolute Gasteiger partial charge is 0.147 e. The van der Waals surface area contributed by atoms with Gasteiger partial charge < -0.3 is 10.6 Å². The van der Waals surface area contributed by atoms with E-state index < -0.39 is 11.6 Å². The lowest BCUT2D eigenvalue weighted by Crippen LogP contribution is -2.30. The van der Waals surface area contributed by atoms with Crippen molar-refractivity contribution in [3.8, 4) is 0 Å². The van der Waals surface area contributed by atoms with Crippen LogP contribution in [0, 0.1) is 18.6 Å². The average molecular weight is 498 g/mol. The number of nitrogens with one attached hydrogen (secondary N) is 2. The standard InChI is InChI=1S/C27H21F2N3.C5H12/c1-16-23(14-19(28)15-24(16)29)17(2)30-27-22-11-5-6-13-25(22)31-26(32-27)21-12-7-9-18-8-3-4-10-20(18)21;1-3-5-4-2/h3-15,26,31H,2H2,1H3,(H,30,32);3-5H2,1-2H3. The average Bonchev–Trinajstić information content (AvgIpc) is 2.91. The number of hydrogen-bond acceptors (Lipinski definition) is 3. The second kappa shape index (κ2) is 11.8. The maximum atomic E-state index is 14.1. The predicted octanol–water partition coefficient (Wildman–Crippen LogP) is 8.75. The Kier molecular flexibility index (Phi) is 8.34. The van der Waals surface area contributed by atoms with Gasteiger partial charge in [-0.3, -0.25) is 0 Å². The minimum Gasteiger partial charge on any atom is -0.359 e. The summed E-state index contributed by atoms with van der Waals surface area (Å²) in [5.74, 6) is -0.664. The third kappa shape index (κ3) is 5.88. The molecule has 5 heteroatoms. The minimum atomic E-state index is -0.646. The number of anilines is 1. The molecule has 37 heavy (non-hydrogen) atoms. The largest absolute Gasteiger partial charge is 0.359 e. The van der Waals surface area contributed by atoms with Crippen LogP contribution >= 0.6 is 0 Å². The van der Waals surface area contributed by atoms with E-state index in [4.69, 9.17) is 4.99 Å². The van der Waals surface area contributed by atoms with E-state index >= 15 is 0 Å². The van der Waals surface area contributed by atoms with Crippen LogP contribution in [-0.2, 0) is 0 Å². The number of aliphatic imine (C=N–C) groups is 1. The van der Waals surface area contributed by atoms with Gasteiger partial charge in [0.05, 0.1) is 0 Å². The number of para-hydroxylation sites is 1. The van der Waals surface area contributed by atoms with Crippen molar-refractivity contribution in [1.29, 1.82) is 0 Å². The Morgan fingerprint density at radius 3 is 2.41 bits per heavy atom. The van der Waals surface area contributed by atoms with Crippen LogP contribution in [0.4, 0.5) is 14.5 Å². The maximum absolute atomic E-state index is 14.1. The number of fused-ring (bicyclic) bond motifs is 2. The van der Waals surface area contributed by atoms with Crippen LogP contribution < -0.4 is 10.6 Å². The highest BCUT2D eigenvalue weighted by Crippen LogP contribution is 2.33. The van der Waals surface area contributed by atoms with Crippen molar-refractivity contribution in [1.82, 2.24) is 5.32 Å². The van der Waals surface area contributed by atoms with E-state index in [2.05, 4.69) is 55.3 Å². The number of benzene rings is 4. The summed E-state index contributed by atoms with van der Waals surface area (Å²) < 4.78 is 28.0. The first kappa shape index (κ1) is 26.1. The van der Waals surface area contributed by atoms with Gasteiger partial charge in [0.1, 0.15) is 23.6 Å². The van der Waals surface area contributed by atoms with E-state index in [0.29, 0.717) is 22.7 Å². The Hall–Kier alpha value is -3.99. The zero-order valence-electron chi connectivity index (χ0n) is 21.6. The molecule has 1 heterocycles. The second-order valence-corrected chi connectivity index (χ2v) is 9.16. The summed E-state index contributed by atoms with van der Waals surface area (Å²) >= 11 is 0. The van der Waals surface area contributed by atoms with Crippen molar-refractivity contribution in [2.75, 3.05) is 5.32 Å². The van der Waals surface area contributed by atoms with Crippen molar-refractivity contribution in [3.05, 3.63) is 119 Å². The number of amidine groups is 1. The lowest BCUT2D eigenvalue weighted by molar-refractivity contribution is 0.576. The van der Waals surface area contributed by atoms with Crippen molar-refractivity contribution < 1.29 is 8.78 Å². The maximum Gasteiger partial charge on any atom is 0.147 e. The lowest BCUT2D eigenvalue weighted by Gasteiger charge is -2.28. The highest BCUT2D eigenvalue weighted by molar-refractivity contribution is 6.08. The highest BCUT2D eigenvalue weighted by atomic mass is 19.1. The quantitative estimate of drug-likeness (QED) is 0.289. The number of unbranched alkanes of at least 4 members (excludes halogenated alkanes) is 2. The molecular formula is C32H33F2N3. The molecule has 4 aromatic carbocycles. The normalized spacial score (nSPS) is 14.1. The molecule has 0 saturated heterocycles. The fourth-order valence-corrected chi connectivity index (χ4v) is 4.45. The molecule has 3 nitrogen and oxygen atoms in total. The zero-order valence-corrected chi connectivity index (χ0v) is 21.6. The summed E-state index contributed by atoms with van der Waals surface area (Å²) in [6.07, 6.45) is 3.74. The Labute approximate surface area is 218 Å². The molecule has 0 fully saturated rings. The molecule has 1 atom stereocenters. The van der Waals surface area contributed by atoms with Gasteiger partial charge >= 0.3 is 0 Å². The van der Waals surface area contributed by atoms with Crippen molar-refractivity contribution in [2.24, 2.45) is 4.99 Å². The summed E-state index contributed by atoms with van der Waals surface area (Å²) in [5, 5.41) is 8.96. The van der Waals surface area contributed by atoms with Gasteiger partial charge in [0.25, 0.3) is 0 Å². The Morgan fingerprint density at radius 1 is 0.946 bits per heavy atom. The van der Waals surface area contributed by atoms with E-state index in [-0.39, 0.29) is 6.17 Å². The van der Waals surface area contributed by atoms with Crippen molar-refractivity contribution in [2.45, 2.75) is 46.2 Å². The van der Waals surface area contributed by atoms with Gasteiger partial charge in [0.2, 0.25) is 0 Å². The van der Waals surface area contributed by atoms with Gasteiger partial charge in [-0.1, -0.05) is 94.3 Å². The summed E-state index contributed by atoms with van der Waals surface area (Å²) in [6.45, 7) is 10.1. The van der Waals surface area contributed by atoms with Crippen LogP contribution in [0.3, 0.4) is 0 Å². The second-order valence-electron chi connectivity index (χ2n) is 9.16. The molecule has 4 aromatic rings. The summed E-state index contributed by atoms with van der Waals surface area (Å²) in [4.78, 5) is 4.93. The van der Waals surface area contributed by atoms with Gasteiger partial charge in [-0.05, 0) is 41.5 Å². The fourth-order valence-electron chi connectivity index (χ4n) is 4.45. The van der Waals surface area contributed by atoms with Crippen LogP contribution in [-0.4, -0.2) is 5.84 Å². The summed E-state index contributed by atoms with van der Waals surface area (Å²) in [5.41, 5.74) is 3.90.